The van der Waals surface area contributed by atoms with Crippen molar-refractivity contribution >= 4 is 35.2 Å². The van der Waals surface area contributed by atoms with Gasteiger partial charge in [0.15, 0.2) is 0 Å². The van der Waals surface area contributed by atoms with Crippen LogP contribution in [0.5, 0.6) is 0 Å². The second-order valence-electron chi connectivity index (χ2n) is 3.67. The van der Waals surface area contributed by atoms with Gasteiger partial charge in [0.25, 0.3) is 0 Å². The van der Waals surface area contributed by atoms with E-state index >= 15 is 0 Å². The van der Waals surface area contributed by atoms with Crippen molar-refractivity contribution < 1.29 is 14.3 Å². The Hall–Kier alpha value is -0.420. The molecule has 0 spiro atoms. The van der Waals surface area contributed by atoms with Gasteiger partial charge in [0.05, 0.1) is 12.5 Å². The van der Waals surface area contributed by atoms with E-state index in [1.54, 1.807) is 16.7 Å². The summed E-state index contributed by atoms with van der Waals surface area (Å²) in [7, 11) is 1.34. The first kappa shape index (κ1) is 13.6. The molecule has 0 aromatic rings. The maximum atomic E-state index is 11.6. The largest absolute Gasteiger partial charge is 0.467 e. The highest BCUT2D eigenvalue weighted by Gasteiger charge is 2.37. The average molecular weight is 266 g/mol. The maximum absolute atomic E-state index is 11.6. The summed E-state index contributed by atoms with van der Waals surface area (Å²) in [6.07, 6.45) is 2.89. The Kier molecular flexibility index (Phi) is 5.41. The van der Waals surface area contributed by atoms with Gasteiger partial charge in [-0.1, -0.05) is 0 Å². The number of nitrogens with zero attached hydrogens (tertiary/aromatic N) is 1. The number of carbonyl (C=O) groups excluding carboxylic acids is 2. The summed E-state index contributed by atoms with van der Waals surface area (Å²) in [5, 5.41) is -0.186. The molecule has 1 rings (SSSR count). The van der Waals surface area contributed by atoms with Gasteiger partial charge in [0.1, 0.15) is 6.04 Å². The number of carbonyl (C=O) groups is 2. The Balaban J connectivity index is 2.68. The first-order chi connectivity index (χ1) is 7.60. The van der Waals surface area contributed by atoms with Gasteiger partial charge in [-0.05, 0) is 18.4 Å². The highest BCUT2D eigenvalue weighted by molar-refractivity contribution is 7.98. The Labute approximate surface area is 105 Å². The number of amides is 1. The summed E-state index contributed by atoms with van der Waals surface area (Å²) >= 11 is 7.55. The standard InChI is InChI=1S/C10H16ClNO3S/c1-15-10(14)8(3-4-16-2)12-6-7(11)5-9(12)13/h7-8H,3-6H2,1-2H3. The van der Waals surface area contributed by atoms with Gasteiger partial charge in [-0.25, -0.2) is 4.79 Å². The number of hydrogen-bond acceptors (Lipinski definition) is 4. The van der Waals surface area contributed by atoms with Crippen LogP contribution in [0, 0.1) is 0 Å². The lowest BCUT2D eigenvalue weighted by Crippen LogP contribution is -2.43. The van der Waals surface area contributed by atoms with Gasteiger partial charge in [0, 0.05) is 13.0 Å². The zero-order valence-electron chi connectivity index (χ0n) is 9.44. The van der Waals surface area contributed by atoms with Gasteiger partial charge >= 0.3 is 5.97 Å². The van der Waals surface area contributed by atoms with E-state index < -0.39 is 6.04 Å². The lowest BCUT2D eigenvalue weighted by molar-refractivity contribution is -0.151. The molecule has 2 unspecified atom stereocenters. The summed E-state index contributed by atoms with van der Waals surface area (Å²) in [4.78, 5) is 24.8. The van der Waals surface area contributed by atoms with E-state index in [9.17, 15) is 9.59 Å². The van der Waals surface area contributed by atoms with E-state index in [1.165, 1.54) is 7.11 Å². The topological polar surface area (TPSA) is 46.6 Å². The molecule has 1 saturated heterocycles. The van der Waals surface area contributed by atoms with Crippen LogP contribution in [0.4, 0.5) is 0 Å². The Bertz CT molecular complexity index is 275. The highest BCUT2D eigenvalue weighted by atomic mass is 35.5. The summed E-state index contributed by atoms with van der Waals surface area (Å²) in [6.45, 7) is 0.439. The molecule has 0 aromatic heterocycles. The van der Waals surface area contributed by atoms with Crippen LogP contribution in [-0.2, 0) is 14.3 Å². The smallest absolute Gasteiger partial charge is 0.328 e. The second-order valence-corrected chi connectivity index (χ2v) is 5.27. The Morgan fingerprint density at radius 2 is 2.44 bits per heavy atom. The average Bonchev–Trinajstić information content (AvgIpc) is 2.58. The lowest BCUT2D eigenvalue weighted by atomic mass is 10.2. The van der Waals surface area contributed by atoms with Crippen LogP contribution in [0.2, 0.25) is 0 Å². The molecule has 0 saturated carbocycles. The first-order valence-corrected chi connectivity index (χ1v) is 6.93. The van der Waals surface area contributed by atoms with Gasteiger partial charge < -0.3 is 9.64 Å². The molecule has 16 heavy (non-hydrogen) atoms. The van der Waals surface area contributed by atoms with Crippen LogP contribution in [0.25, 0.3) is 0 Å². The minimum atomic E-state index is -0.478. The monoisotopic (exact) mass is 265 g/mol. The van der Waals surface area contributed by atoms with Crippen molar-refractivity contribution in [1.82, 2.24) is 4.90 Å². The molecule has 1 aliphatic rings. The van der Waals surface area contributed by atoms with Gasteiger partial charge in [-0.3, -0.25) is 4.79 Å². The van der Waals surface area contributed by atoms with Crippen molar-refractivity contribution in [2.45, 2.75) is 24.3 Å². The van der Waals surface area contributed by atoms with E-state index in [0.717, 1.165) is 5.75 Å². The van der Waals surface area contributed by atoms with Crippen molar-refractivity contribution in [1.29, 1.82) is 0 Å². The third-order valence-electron chi connectivity index (χ3n) is 2.56. The van der Waals surface area contributed by atoms with Crippen LogP contribution >= 0.6 is 23.4 Å². The zero-order chi connectivity index (χ0) is 12.1. The van der Waals surface area contributed by atoms with Crippen molar-refractivity contribution in [3.05, 3.63) is 0 Å². The molecule has 0 N–H and O–H groups in total. The molecule has 1 aliphatic heterocycles. The molecule has 1 heterocycles. The molecule has 0 aromatic carbocycles. The van der Waals surface area contributed by atoms with E-state index in [-0.39, 0.29) is 17.3 Å². The third kappa shape index (κ3) is 3.28. The zero-order valence-corrected chi connectivity index (χ0v) is 11.0. The van der Waals surface area contributed by atoms with Gasteiger partial charge in [-0.2, -0.15) is 11.8 Å². The van der Waals surface area contributed by atoms with Crippen LogP contribution in [-0.4, -0.2) is 53.9 Å². The Morgan fingerprint density at radius 3 is 2.88 bits per heavy atom. The number of hydrogen-bond donors (Lipinski definition) is 0. The Morgan fingerprint density at radius 1 is 1.75 bits per heavy atom. The molecule has 1 fully saturated rings. The number of esters is 1. The van der Waals surface area contributed by atoms with Crippen LogP contribution in [0.1, 0.15) is 12.8 Å². The SMILES string of the molecule is COC(=O)C(CCSC)N1CC(Cl)CC1=O. The second kappa shape index (κ2) is 6.35. The molecular formula is C10H16ClNO3S. The maximum Gasteiger partial charge on any atom is 0.328 e. The van der Waals surface area contributed by atoms with Crippen molar-refractivity contribution in [3.63, 3.8) is 0 Å². The number of likely N-dealkylation sites (tertiary alicyclic amines) is 1. The molecule has 2 atom stereocenters. The van der Waals surface area contributed by atoms with Crippen molar-refractivity contribution in [3.8, 4) is 0 Å². The molecule has 1 amide bonds. The lowest BCUT2D eigenvalue weighted by Gasteiger charge is -2.25. The fourth-order valence-corrected chi connectivity index (χ4v) is 2.49. The quantitative estimate of drug-likeness (QED) is 0.552. The van der Waals surface area contributed by atoms with E-state index in [4.69, 9.17) is 16.3 Å². The van der Waals surface area contributed by atoms with Gasteiger partial charge in [0.2, 0.25) is 5.91 Å². The summed E-state index contributed by atoms with van der Waals surface area (Å²) in [6, 6.07) is -0.478. The minimum absolute atomic E-state index is 0.0588. The van der Waals surface area contributed by atoms with Crippen LogP contribution in [0.15, 0.2) is 0 Å². The fourth-order valence-electron chi connectivity index (χ4n) is 1.75. The van der Waals surface area contributed by atoms with Crippen LogP contribution < -0.4 is 0 Å². The number of ether oxygens (including phenoxy) is 1. The van der Waals surface area contributed by atoms with Crippen molar-refractivity contribution in [2.75, 3.05) is 25.7 Å². The number of alkyl halides is 1. The molecule has 0 aliphatic carbocycles. The molecular weight excluding hydrogens is 250 g/mol. The van der Waals surface area contributed by atoms with E-state index in [2.05, 4.69) is 0 Å². The minimum Gasteiger partial charge on any atom is -0.467 e. The molecule has 6 heteroatoms. The van der Waals surface area contributed by atoms with E-state index in [0.29, 0.717) is 19.4 Å². The van der Waals surface area contributed by atoms with Crippen molar-refractivity contribution in [2.24, 2.45) is 0 Å². The number of halogens is 1. The summed E-state index contributed by atoms with van der Waals surface area (Å²) < 4.78 is 4.72. The fraction of sp³-hybridized carbons (Fsp3) is 0.800. The molecule has 92 valence electrons. The number of thioether (sulfide) groups is 1. The molecule has 0 bridgehead atoms. The summed E-state index contributed by atoms with van der Waals surface area (Å²) in [5.41, 5.74) is 0. The summed E-state index contributed by atoms with van der Waals surface area (Å²) in [5.74, 6) is 0.404. The molecule has 4 nitrogen and oxygen atoms in total. The predicted molar refractivity (Wildman–Crippen MR) is 64.8 cm³/mol. The number of methoxy groups -OCH3 is 1. The highest BCUT2D eigenvalue weighted by Crippen LogP contribution is 2.21. The first-order valence-electron chi connectivity index (χ1n) is 5.10. The third-order valence-corrected chi connectivity index (χ3v) is 3.49. The van der Waals surface area contributed by atoms with Gasteiger partial charge in [-0.15, -0.1) is 11.6 Å². The predicted octanol–water partition coefficient (Wildman–Crippen LogP) is 1.12. The normalized spacial score (nSPS) is 22.3. The van der Waals surface area contributed by atoms with Crippen LogP contribution in [0.3, 0.4) is 0 Å². The molecule has 0 radical (unpaired) electrons. The van der Waals surface area contributed by atoms with E-state index in [1.807, 2.05) is 6.26 Å². The number of rotatable bonds is 5.